The van der Waals surface area contributed by atoms with Crippen molar-refractivity contribution in [3.63, 3.8) is 0 Å². The topological polar surface area (TPSA) is 72.4 Å². The molecular formula is C19H18F3N3O3. The number of aromatic nitrogens is 2. The predicted octanol–water partition coefficient (Wildman–Crippen LogP) is 4.79. The average molecular weight is 393 g/mol. The Morgan fingerprint density at radius 3 is 2.46 bits per heavy atom. The predicted molar refractivity (Wildman–Crippen MR) is 93.1 cm³/mol. The van der Waals surface area contributed by atoms with Crippen LogP contribution >= 0.6 is 0 Å². The molecule has 2 heterocycles. The van der Waals surface area contributed by atoms with E-state index in [1.165, 1.54) is 12.5 Å². The third-order valence-electron chi connectivity index (χ3n) is 4.39. The summed E-state index contributed by atoms with van der Waals surface area (Å²) in [7, 11) is 0. The van der Waals surface area contributed by atoms with Crippen molar-refractivity contribution < 1.29 is 26.9 Å². The Morgan fingerprint density at radius 2 is 1.93 bits per heavy atom. The molecule has 0 fully saturated rings. The van der Waals surface area contributed by atoms with Gasteiger partial charge in [0.15, 0.2) is 0 Å². The smallest absolute Gasteiger partial charge is 0.471 e. The Labute approximate surface area is 158 Å². The molecule has 1 amide bonds. The van der Waals surface area contributed by atoms with Crippen LogP contribution in [0, 0.1) is 0 Å². The Bertz CT molecular complexity index is 918. The number of benzene rings is 1. The normalized spacial score (nSPS) is 12.8. The maximum Gasteiger partial charge on any atom is 0.471 e. The summed E-state index contributed by atoms with van der Waals surface area (Å²) in [4.78, 5) is 17.8. The Kier molecular flexibility index (Phi) is 5.53. The van der Waals surface area contributed by atoms with Crippen molar-refractivity contribution in [2.24, 2.45) is 0 Å². The number of nitrogens with zero attached hydrogens (tertiary/aromatic N) is 3. The van der Waals surface area contributed by atoms with E-state index in [1.807, 2.05) is 13.8 Å². The van der Waals surface area contributed by atoms with Crippen LogP contribution in [0.5, 0.6) is 0 Å². The summed E-state index contributed by atoms with van der Waals surface area (Å²) in [5.74, 6) is -1.69. The van der Waals surface area contributed by atoms with Gasteiger partial charge in [-0.15, -0.1) is 0 Å². The largest absolute Gasteiger partial charge is 0.472 e. The number of hydrogen-bond donors (Lipinski definition) is 0. The first kappa shape index (κ1) is 19.7. The first-order valence-corrected chi connectivity index (χ1v) is 8.63. The van der Waals surface area contributed by atoms with Crippen LogP contribution in [0.25, 0.3) is 11.4 Å². The number of amides is 1. The summed E-state index contributed by atoms with van der Waals surface area (Å²) >= 11 is 0. The molecule has 0 aliphatic carbocycles. The van der Waals surface area contributed by atoms with Crippen molar-refractivity contribution in [3.8, 4) is 11.4 Å². The fraction of sp³-hybridized carbons (Fsp3) is 0.316. The zero-order chi connectivity index (χ0) is 20.3. The number of furan rings is 1. The van der Waals surface area contributed by atoms with Gasteiger partial charge < -0.3 is 13.8 Å². The highest BCUT2D eigenvalue weighted by molar-refractivity contribution is 5.94. The van der Waals surface area contributed by atoms with E-state index in [2.05, 4.69) is 14.7 Å². The minimum absolute atomic E-state index is 0.00590. The molecule has 0 radical (unpaired) electrons. The highest BCUT2D eigenvalue weighted by Crippen LogP contribution is 2.29. The van der Waals surface area contributed by atoms with Crippen molar-refractivity contribution in [2.45, 2.75) is 39.0 Å². The van der Waals surface area contributed by atoms with Gasteiger partial charge in [0.25, 0.3) is 5.91 Å². The molecule has 0 aliphatic rings. The second-order valence-electron chi connectivity index (χ2n) is 6.32. The monoisotopic (exact) mass is 393 g/mol. The first-order valence-electron chi connectivity index (χ1n) is 8.63. The molecular weight excluding hydrogens is 375 g/mol. The van der Waals surface area contributed by atoms with E-state index < -0.39 is 12.1 Å². The summed E-state index contributed by atoms with van der Waals surface area (Å²) in [5, 5.41) is 3.37. The van der Waals surface area contributed by atoms with Gasteiger partial charge in [0.1, 0.15) is 6.26 Å². The molecule has 1 aromatic carbocycles. The summed E-state index contributed by atoms with van der Waals surface area (Å²) in [6.45, 7) is 4.28. The van der Waals surface area contributed by atoms with Gasteiger partial charge in [0.05, 0.1) is 11.8 Å². The fourth-order valence-corrected chi connectivity index (χ4v) is 2.61. The second kappa shape index (κ2) is 7.87. The van der Waals surface area contributed by atoms with Gasteiger partial charge in [-0.3, -0.25) is 4.79 Å². The van der Waals surface area contributed by atoms with Gasteiger partial charge in [0.2, 0.25) is 5.82 Å². The Morgan fingerprint density at radius 1 is 1.21 bits per heavy atom. The maximum absolute atomic E-state index is 12.7. The molecule has 1 unspecified atom stereocenters. The van der Waals surface area contributed by atoms with Crippen LogP contribution in [-0.2, 0) is 12.7 Å². The number of halogens is 3. The molecule has 0 N–H and O–H groups in total. The van der Waals surface area contributed by atoms with Crippen LogP contribution in [0.1, 0.15) is 42.1 Å². The number of alkyl halides is 3. The molecule has 3 rings (SSSR count). The van der Waals surface area contributed by atoms with Gasteiger partial charge in [-0.1, -0.05) is 36.3 Å². The lowest BCUT2D eigenvalue weighted by Gasteiger charge is -2.28. The van der Waals surface area contributed by atoms with E-state index in [1.54, 1.807) is 35.2 Å². The summed E-state index contributed by atoms with van der Waals surface area (Å²) in [6.07, 6.45) is -1.08. The summed E-state index contributed by atoms with van der Waals surface area (Å²) in [6, 6.07) is 8.23. The Hall–Kier alpha value is -3.10. The zero-order valence-electron chi connectivity index (χ0n) is 15.2. The lowest BCUT2D eigenvalue weighted by atomic mass is 10.1. The molecule has 0 bridgehead atoms. The van der Waals surface area contributed by atoms with Gasteiger partial charge in [-0.05, 0) is 25.0 Å². The molecule has 0 saturated carbocycles. The molecule has 28 heavy (non-hydrogen) atoms. The molecule has 0 saturated heterocycles. The highest BCUT2D eigenvalue weighted by atomic mass is 19.4. The van der Waals surface area contributed by atoms with Crippen LogP contribution in [0.15, 0.2) is 51.8 Å². The van der Waals surface area contributed by atoms with E-state index in [0.717, 1.165) is 12.0 Å². The van der Waals surface area contributed by atoms with E-state index in [-0.39, 0.29) is 17.8 Å². The molecule has 3 aromatic rings. The third kappa shape index (κ3) is 4.24. The SMILES string of the molecule is CCC(C)N(Cc1ccc(-c2noc(C(F)(F)F)n2)cc1)C(=O)c1ccoc1. The Balaban J connectivity index is 1.78. The van der Waals surface area contributed by atoms with Crippen molar-refractivity contribution in [3.05, 3.63) is 59.9 Å². The second-order valence-corrected chi connectivity index (χ2v) is 6.32. The number of carbonyl (C=O) groups excluding carboxylic acids is 1. The minimum atomic E-state index is -4.69. The molecule has 0 spiro atoms. The van der Waals surface area contributed by atoms with Gasteiger partial charge >= 0.3 is 12.1 Å². The number of hydrogen-bond acceptors (Lipinski definition) is 5. The van der Waals surface area contributed by atoms with Crippen molar-refractivity contribution in [2.75, 3.05) is 0 Å². The maximum atomic E-state index is 12.7. The van der Waals surface area contributed by atoms with Gasteiger partial charge in [-0.2, -0.15) is 18.2 Å². The van der Waals surface area contributed by atoms with E-state index >= 15 is 0 Å². The quantitative estimate of drug-likeness (QED) is 0.602. The molecule has 6 nitrogen and oxygen atoms in total. The number of rotatable bonds is 6. The van der Waals surface area contributed by atoms with Crippen LogP contribution in [0.3, 0.4) is 0 Å². The van der Waals surface area contributed by atoms with Crippen LogP contribution < -0.4 is 0 Å². The van der Waals surface area contributed by atoms with Gasteiger partial charge in [-0.25, -0.2) is 0 Å². The first-order chi connectivity index (χ1) is 13.3. The highest BCUT2D eigenvalue weighted by Gasteiger charge is 2.38. The van der Waals surface area contributed by atoms with Crippen molar-refractivity contribution >= 4 is 5.91 Å². The lowest BCUT2D eigenvalue weighted by molar-refractivity contribution is -0.159. The minimum Gasteiger partial charge on any atom is -0.472 e. The summed E-state index contributed by atoms with van der Waals surface area (Å²) in [5.41, 5.74) is 1.67. The number of carbonyl (C=O) groups is 1. The lowest BCUT2D eigenvalue weighted by Crippen LogP contribution is -2.37. The molecule has 2 aromatic heterocycles. The van der Waals surface area contributed by atoms with Crippen LogP contribution in [0.4, 0.5) is 13.2 Å². The third-order valence-corrected chi connectivity index (χ3v) is 4.39. The average Bonchev–Trinajstić information content (AvgIpc) is 3.37. The van der Waals surface area contributed by atoms with Crippen LogP contribution in [-0.4, -0.2) is 27.0 Å². The van der Waals surface area contributed by atoms with Crippen molar-refractivity contribution in [1.29, 1.82) is 0 Å². The van der Waals surface area contributed by atoms with E-state index in [0.29, 0.717) is 17.7 Å². The molecule has 0 aliphatic heterocycles. The molecule has 1 atom stereocenters. The molecule has 9 heteroatoms. The van der Waals surface area contributed by atoms with E-state index in [9.17, 15) is 18.0 Å². The van der Waals surface area contributed by atoms with Crippen LogP contribution in [0.2, 0.25) is 0 Å². The summed E-state index contributed by atoms with van der Waals surface area (Å²) < 4.78 is 47.0. The standard InChI is InChI=1S/C19H18F3N3O3/c1-3-12(2)25(17(26)15-8-9-27-11-15)10-13-4-6-14(7-5-13)16-23-18(28-24-16)19(20,21)22/h4-9,11-12H,3,10H2,1-2H3. The fourth-order valence-electron chi connectivity index (χ4n) is 2.61. The van der Waals surface area contributed by atoms with Crippen molar-refractivity contribution in [1.82, 2.24) is 15.0 Å². The molecule has 148 valence electrons. The van der Waals surface area contributed by atoms with Gasteiger partial charge in [0, 0.05) is 18.2 Å². The zero-order valence-corrected chi connectivity index (χ0v) is 15.2. The van der Waals surface area contributed by atoms with E-state index in [4.69, 9.17) is 4.42 Å².